The van der Waals surface area contributed by atoms with Gasteiger partial charge in [-0.3, -0.25) is 9.59 Å². The van der Waals surface area contributed by atoms with Crippen LogP contribution in [0.3, 0.4) is 0 Å². The molecule has 0 saturated carbocycles. The number of carbonyl (C=O) groups is 2. The van der Waals surface area contributed by atoms with Gasteiger partial charge in [0.1, 0.15) is 24.4 Å². The molecule has 5 atom stereocenters. The fourth-order valence-electron chi connectivity index (χ4n) is 2.82. The van der Waals surface area contributed by atoms with Gasteiger partial charge in [0, 0.05) is 20.8 Å². The molecule has 0 aromatic carbocycles. The van der Waals surface area contributed by atoms with Gasteiger partial charge in [0.2, 0.25) is 5.91 Å². The van der Waals surface area contributed by atoms with Crippen molar-refractivity contribution in [3.05, 3.63) is 12.2 Å². The van der Waals surface area contributed by atoms with E-state index in [0.717, 1.165) is 12.8 Å². The number of nitrogens with one attached hydrogen (secondary N) is 2. The summed E-state index contributed by atoms with van der Waals surface area (Å²) in [4.78, 5) is 24.5. The predicted octanol–water partition coefficient (Wildman–Crippen LogP) is 0.125. The van der Waals surface area contributed by atoms with Gasteiger partial charge in [-0.05, 0) is 24.7 Å². The number of methoxy groups -OCH3 is 2. The third kappa shape index (κ3) is 7.57. The highest BCUT2D eigenvalue weighted by molar-refractivity contribution is 5.89. The molecule has 8 heteroatoms. The van der Waals surface area contributed by atoms with Crippen LogP contribution in [0.25, 0.3) is 0 Å². The molecule has 0 radical (unpaired) electrons. The van der Waals surface area contributed by atoms with Crippen LogP contribution < -0.4 is 10.6 Å². The van der Waals surface area contributed by atoms with Gasteiger partial charge in [-0.25, -0.2) is 0 Å². The SMILES string of the molecule is CO[C@H](/C=C/C(C)(C)C)[C@H](O)[C@@H](O)[C@@H](OC)C(=O)N[C@H]1CCCCNC1=O. The lowest BCUT2D eigenvalue weighted by atomic mass is 9.93. The second-order valence-corrected chi connectivity index (χ2v) is 7.91. The van der Waals surface area contributed by atoms with Crippen LogP contribution in [0.2, 0.25) is 0 Å². The summed E-state index contributed by atoms with van der Waals surface area (Å²) in [6.45, 7) is 6.54. The topological polar surface area (TPSA) is 117 Å². The molecule has 1 aliphatic heterocycles. The Kier molecular flexibility index (Phi) is 9.38. The van der Waals surface area contributed by atoms with Crippen LogP contribution >= 0.6 is 0 Å². The molecule has 0 bridgehead atoms. The van der Waals surface area contributed by atoms with E-state index in [0.29, 0.717) is 13.0 Å². The number of rotatable bonds is 8. The lowest BCUT2D eigenvalue weighted by Gasteiger charge is -2.29. The van der Waals surface area contributed by atoms with E-state index in [2.05, 4.69) is 10.6 Å². The van der Waals surface area contributed by atoms with Crippen molar-refractivity contribution in [2.45, 2.75) is 70.5 Å². The Hall–Kier alpha value is -1.48. The highest BCUT2D eigenvalue weighted by atomic mass is 16.5. The minimum Gasteiger partial charge on any atom is -0.387 e. The van der Waals surface area contributed by atoms with Crippen LogP contribution in [0.1, 0.15) is 40.0 Å². The zero-order valence-corrected chi connectivity index (χ0v) is 16.9. The summed E-state index contributed by atoms with van der Waals surface area (Å²) in [5.74, 6) is -0.908. The largest absolute Gasteiger partial charge is 0.387 e. The van der Waals surface area contributed by atoms with Crippen LogP contribution in [-0.2, 0) is 19.1 Å². The molecule has 2 amide bonds. The molecule has 0 aromatic rings. The van der Waals surface area contributed by atoms with E-state index < -0.39 is 36.4 Å². The van der Waals surface area contributed by atoms with Gasteiger partial charge in [0.25, 0.3) is 5.91 Å². The highest BCUT2D eigenvalue weighted by Gasteiger charge is 2.37. The Morgan fingerprint density at radius 1 is 1.22 bits per heavy atom. The number of ether oxygens (including phenoxy) is 2. The third-order valence-electron chi connectivity index (χ3n) is 4.42. The Balaban J connectivity index is 2.80. The van der Waals surface area contributed by atoms with E-state index >= 15 is 0 Å². The summed E-state index contributed by atoms with van der Waals surface area (Å²) >= 11 is 0. The first-order valence-corrected chi connectivity index (χ1v) is 9.30. The normalized spacial score (nSPS) is 23.2. The first kappa shape index (κ1) is 23.6. The van der Waals surface area contributed by atoms with Crippen LogP contribution in [0.4, 0.5) is 0 Å². The molecule has 27 heavy (non-hydrogen) atoms. The summed E-state index contributed by atoms with van der Waals surface area (Å²) in [5, 5.41) is 26.3. The Labute approximate surface area is 161 Å². The third-order valence-corrected chi connectivity index (χ3v) is 4.42. The Morgan fingerprint density at radius 3 is 2.44 bits per heavy atom. The van der Waals surface area contributed by atoms with Crippen molar-refractivity contribution in [2.75, 3.05) is 20.8 Å². The molecular weight excluding hydrogens is 352 g/mol. The van der Waals surface area contributed by atoms with Gasteiger partial charge in [0.05, 0.1) is 0 Å². The van der Waals surface area contributed by atoms with Gasteiger partial charge in [-0.1, -0.05) is 32.9 Å². The Bertz CT molecular complexity index is 517. The molecule has 0 spiro atoms. The van der Waals surface area contributed by atoms with E-state index in [4.69, 9.17) is 9.47 Å². The van der Waals surface area contributed by atoms with Crippen LogP contribution in [0.15, 0.2) is 12.2 Å². The number of aliphatic hydroxyl groups excluding tert-OH is 2. The van der Waals surface area contributed by atoms with Crippen molar-refractivity contribution in [3.8, 4) is 0 Å². The fourth-order valence-corrected chi connectivity index (χ4v) is 2.82. The maximum atomic E-state index is 12.5. The summed E-state index contributed by atoms with van der Waals surface area (Å²) < 4.78 is 10.3. The van der Waals surface area contributed by atoms with Crippen LogP contribution in [0.5, 0.6) is 0 Å². The fraction of sp³-hybridized carbons (Fsp3) is 0.789. The highest BCUT2D eigenvalue weighted by Crippen LogP contribution is 2.18. The number of aliphatic hydroxyl groups is 2. The van der Waals surface area contributed by atoms with Gasteiger partial charge >= 0.3 is 0 Å². The molecule has 1 saturated heterocycles. The van der Waals surface area contributed by atoms with E-state index in [-0.39, 0.29) is 11.3 Å². The minimum absolute atomic E-state index is 0.133. The van der Waals surface area contributed by atoms with E-state index in [1.54, 1.807) is 6.08 Å². The number of allylic oxidation sites excluding steroid dienone is 1. The van der Waals surface area contributed by atoms with Crippen molar-refractivity contribution in [1.82, 2.24) is 10.6 Å². The molecule has 1 rings (SSSR count). The first-order valence-electron chi connectivity index (χ1n) is 9.30. The zero-order chi connectivity index (χ0) is 20.6. The summed E-state index contributed by atoms with van der Waals surface area (Å²) in [7, 11) is 2.67. The van der Waals surface area contributed by atoms with Crippen LogP contribution in [-0.4, -0.2) is 73.2 Å². The van der Waals surface area contributed by atoms with E-state index in [9.17, 15) is 19.8 Å². The quantitative estimate of drug-likeness (QED) is 0.441. The van der Waals surface area contributed by atoms with Crippen LogP contribution in [0, 0.1) is 5.41 Å². The van der Waals surface area contributed by atoms with Gasteiger partial charge in [0.15, 0.2) is 6.10 Å². The maximum absolute atomic E-state index is 12.5. The molecule has 156 valence electrons. The minimum atomic E-state index is -1.53. The second-order valence-electron chi connectivity index (χ2n) is 7.91. The summed E-state index contributed by atoms with van der Waals surface area (Å²) in [6.07, 6.45) is 0.611. The Morgan fingerprint density at radius 2 is 1.89 bits per heavy atom. The monoisotopic (exact) mass is 386 g/mol. The molecule has 8 nitrogen and oxygen atoms in total. The molecule has 0 unspecified atom stereocenters. The number of carbonyl (C=O) groups excluding carboxylic acids is 2. The average molecular weight is 386 g/mol. The maximum Gasteiger partial charge on any atom is 0.252 e. The molecule has 4 N–H and O–H groups in total. The molecule has 1 fully saturated rings. The number of hydrogen-bond donors (Lipinski definition) is 4. The molecule has 0 aliphatic carbocycles. The van der Waals surface area contributed by atoms with Gasteiger partial charge in [-0.2, -0.15) is 0 Å². The van der Waals surface area contributed by atoms with E-state index in [1.807, 2.05) is 26.8 Å². The predicted molar refractivity (Wildman–Crippen MR) is 101 cm³/mol. The van der Waals surface area contributed by atoms with Crippen molar-refractivity contribution >= 4 is 11.8 Å². The average Bonchev–Trinajstić information content (AvgIpc) is 2.79. The molecule has 1 aliphatic rings. The first-order chi connectivity index (χ1) is 12.6. The number of hydrogen-bond acceptors (Lipinski definition) is 6. The molecule has 1 heterocycles. The summed E-state index contributed by atoms with van der Waals surface area (Å²) in [6, 6.07) is -0.680. The molecular formula is C19H34N2O6. The zero-order valence-electron chi connectivity index (χ0n) is 16.9. The lowest BCUT2D eigenvalue weighted by molar-refractivity contribution is -0.152. The van der Waals surface area contributed by atoms with E-state index in [1.165, 1.54) is 14.2 Å². The molecule has 0 aromatic heterocycles. The number of amides is 2. The second kappa shape index (κ2) is 10.8. The lowest BCUT2D eigenvalue weighted by Crippen LogP contribution is -2.55. The van der Waals surface area contributed by atoms with Gasteiger partial charge < -0.3 is 30.3 Å². The van der Waals surface area contributed by atoms with Crippen molar-refractivity contribution in [1.29, 1.82) is 0 Å². The summed E-state index contributed by atoms with van der Waals surface area (Å²) in [5.41, 5.74) is -0.133. The van der Waals surface area contributed by atoms with Crippen molar-refractivity contribution in [2.24, 2.45) is 5.41 Å². The standard InChI is InChI=1S/C19H34N2O6/c1-19(2,3)10-9-13(26-4)14(22)15(23)16(27-5)18(25)21-12-8-6-7-11-20-17(12)24/h9-10,12-16,22-23H,6-8,11H2,1-5H3,(H,20,24)(H,21,25)/b10-9+/t12-,13+,14-,15+,16+/m0/s1. The van der Waals surface area contributed by atoms with Gasteiger partial charge in [-0.15, -0.1) is 0 Å². The van der Waals surface area contributed by atoms with Crippen molar-refractivity contribution in [3.63, 3.8) is 0 Å². The van der Waals surface area contributed by atoms with Crippen molar-refractivity contribution < 1.29 is 29.3 Å². The smallest absolute Gasteiger partial charge is 0.252 e.